The second kappa shape index (κ2) is 6.93. The topological polar surface area (TPSA) is 65.4 Å². The van der Waals surface area contributed by atoms with Gasteiger partial charge in [0.25, 0.3) is 0 Å². The molecule has 6 heteroatoms. The molecule has 122 valence electrons. The van der Waals surface area contributed by atoms with Crippen molar-refractivity contribution in [2.75, 3.05) is 20.8 Å². The summed E-state index contributed by atoms with van der Waals surface area (Å²) in [4.78, 5) is 11.8. The zero-order chi connectivity index (χ0) is 16.2. The monoisotopic (exact) mass is 315 g/mol. The standard InChI is InChI=1S/C17H21N3O3/c1-22-11-16-15(17(21)23-2)10-20(19-16)9-12-3-4-13-5-6-18-8-14(13)7-12/h3-4,7,10,18H,5-6,8-9,11H2,1-2H3. The van der Waals surface area contributed by atoms with Gasteiger partial charge in [0, 0.05) is 19.9 Å². The van der Waals surface area contributed by atoms with Crippen LogP contribution in [0.4, 0.5) is 0 Å². The van der Waals surface area contributed by atoms with Crippen molar-refractivity contribution < 1.29 is 14.3 Å². The number of fused-ring (bicyclic) bond motifs is 1. The number of hydrogen-bond donors (Lipinski definition) is 1. The van der Waals surface area contributed by atoms with Crippen molar-refractivity contribution in [2.24, 2.45) is 0 Å². The van der Waals surface area contributed by atoms with Crippen LogP contribution < -0.4 is 5.32 Å². The quantitative estimate of drug-likeness (QED) is 0.847. The van der Waals surface area contributed by atoms with E-state index in [-0.39, 0.29) is 6.61 Å². The summed E-state index contributed by atoms with van der Waals surface area (Å²) in [5.41, 5.74) is 4.96. The highest BCUT2D eigenvalue weighted by Crippen LogP contribution is 2.17. The molecule has 0 atom stereocenters. The number of hydrogen-bond acceptors (Lipinski definition) is 5. The molecule has 0 aliphatic carbocycles. The minimum absolute atomic E-state index is 0.283. The van der Waals surface area contributed by atoms with Crippen LogP contribution in [0.15, 0.2) is 24.4 Å². The zero-order valence-corrected chi connectivity index (χ0v) is 13.5. The minimum Gasteiger partial charge on any atom is -0.465 e. The van der Waals surface area contributed by atoms with E-state index in [0.717, 1.165) is 25.1 Å². The van der Waals surface area contributed by atoms with E-state index in [9.17, 15) is 4.79 Å². The van der Waals surface area contributed by atoms with Gasteiger partial charge in [-0.1, -0.05) is 18.2 Å². The molecule has 0 spiro atoms. The molecule has 6 nitrogen and oxygen atoms in total. The highest BCUT2D eigenvalue weighted by atomic mass is 16.5. The van der Waals surface area contributed by atoms with E-state index in [0.29, 0.717) is 17.8 Å². The summed E-state index contributed by atoms with van der Waals surface area (Å²) >= 11 is 0. The fraction of sp³-hybridized carbons (Fsp3) is 0.412. The molecule has 1 aromatic heterocycles. The second-order valence-electron chi connectivity index (χ2n) is 5.64. The Morgan fingerprint density at radius 3 is 3.00 bits per heavy atom. The molecule has 2 aromatic rings. The number of carbonyl (C=O) groups excluding carboxylic acids is 1. The molecule has 1 aromatic carbocycles. The number of aromatic nitrogens is 2. The van der Waals surface area contributed by atoms with Crippen LogP contribution in [0.5, 0.6) is 0 Å². The molecule has 3 rings (SSSR count). The van der Waals surface area contributed by atoms with Gasteiger partial charge in [-0.3, -0.25) is 4.68 Å². The van der Waals surface area contributed by atoms with Gasteiger partial charge in [0.1, 0.15) is 11.3 Å². The molecule has 0 unspecified atom stereocenters. The van der Waals surface area contributed by atoms with Gasteiger partial charge >= 0.3 is 5.97 Å². The Morgan fingerprint density at radius 2 is 2.22 bits per heavy atom. The predicted octanol–water partition coefficient (Wildman–Crippen LogP) is 1.51. The first kappa shape index (κ1) is 15.7. The summed E-state index contributed by atoms with van der Waals surface area (Å²) in [6.07, 6.45) is 2.79. The molecule has 0 fully saturated rings. The number of ether oxygens (including phenoxy) is 2. The number of carbonyl (C=O) groups is 1. The fourth-order valence-corrected chi connectivity index (χ4v) is 2.89. The van der Waals surface area contributed by atoms with Gasteiger partial charge < -0.3 is 14.8 Å². The predicted molar refractivity (Wildman–Crippen MR) is 85.2 cm³/mol. The summed E-state index contributed by atoms with van der Waals surface area (Å²) in [6.45, 7) is 2.84. The SMILES string of the molecule is COCc1nn(Cc2ccc3c(c2)CNCC3)cc1C(=O)OC. The first-order chi connectivity index (χ1) is 11.2. The molecule has 0 saturated carbocycles. The lowest BCUT2D eigenvalue weighted by molar-refractivity contribution is 0.0595. The third kappa shape index (κ3) is 3.43. The van der Waals surface area contributed by atoms with E-state index < -0.39 is 5.97 Å². The van der Waals surface area contributed by atoms with Gasteiger partial charge in [0.2, 0.25) is 0 Å². The number of rotatable bonds is 5. The Hall–Kier alpha value is -2.18. The van der Waals surface area contributed by atoms with Crippen LogP contribution in [0.25, 0.3) is 0 Å². The number of methoxy groups -OCH3 is 2. The maximum Gasteiger partial charge on any atom is 0.341 e. The molecule has 0 amide bonds. The highest BCUT2D eigenvalue weighted by Gasteiger charge is 2.17. The van der Waals surface area contributed by atoms with Crippen LogP contribution in [0, 0.1) is 0 Å². The summed E-state index contributed by atoms with van der Waals surface area (Å²) in [5, 5.41) is 7.84. The van der Waals surface area contributed by atoms with Crippen LogP contribution in [-0.2, 0) is 35.6 Å². The van der Waals surface area contributed by atoms with E-state index in [4.69, 9.17) is 9.47 Å². The number of nitrogens with zero attached hydrogens (tertiary/aromatic N) is 2. The van der Waals surface area contributed by atoms with E-state index in [1.165, 1.54) is 18.2 Å². The van der Waals surface area contributed by atoms with Gasteiger partial charge in [-0.2, -0.15) is 5.10 Å². The zero-order valence-electron chi connectivity index (χ0n) is 13.5. The molecule has 2 heterocycles. The van der Waals surface area contributed by atoms with Crippen LogP contribution in [0.3, 0.4) is 0 Å². The molecule has 0 radical (unpaired) electrons. The molecule has 1 aliphatic heterocycles. The summed E-state index contributed by atoms with van der Waals surface area (Å²) < 4.78 is 11.7. The van der Waals surface area contributed by atoms with Crippen molar-refractivity contribution in [3.8, 4) is 0 Å². The molecule has 0 saturated heterocycles. The van der Waals surface area contributed by atoms with E-state index in [1.807, 2.05) is 0 Å². The van der Waals surface area contributed by atoms with Crippen LogP contribution >= 0.6 is 0 Å². The second-order valence-corrected chi connectivity index (χ2v) is 5.64. The largest absolute Gasteiger partial charge is 0.465 e. The number of esters is 1. The highest BCUT2D eigenvalue weighted by molar-refractivity contribution is 5.90. The molecular formula is C17H21N3O3. The van der Waals surface area contributed by atoms with E-state index >= 15 is 0 Å². The Bertz CT molecular complexity index is 709. The first-order valence-electron chi connectivity index (χ1n) is 7.66. The Kier molecular flexibility index (Phi) is 4.73. The summed E-state index contributed by atoms with van der Waals surface area (Å²) in [6, 6.07) is 6.52. The smallest absolute Gasteiger partial charge is 0.341 e. The van der Waals surface area contributed by atoms with Crippen molar-refractivity contribution in [1.82, 2.24) is 15.1 Å². The van der Waals surface area contributed by atoms with Crippen LogP contribution in [-0.4, -0.2) is 36.5 Å². The average Bonchev–Trinajstić information content (AvgIpc) is 2.97. The number of benzene rings is 1. The Labute approximate surface area is 135 Å². The van der Waals surface area contributed by atoms with Gasteiger partial charge in [-0.25, -0.2) is 4.79 Å². The Morgan fingerprint density at radius 1 is 1.35 bits per heavy atom. The third-order valence-electron chi connectivity index (χ3n) is 4.03. The number of nitrogens with one attached hydrogen (secondary N) is 1. The normalized spacial score (nSPS) is 13.7. The lowest BCUT2D eigenvalue weighted by Gasteiger charge is -2.17. The maximum absolute atomic E-state index is 11.8. The molecule has 1 N–H and O–H groups in total. The first-order valence-corrected chi connectivity index (χ1v) is 7.66. The third-order valence-corrected chi connectivity index (χ3v) is 4.03. The van der Waals surface area contributed by atoms with Crippen molar-refractivity contribution in [1.29, 1.82) is 0 Å². The van der Waals surface area contributed by atoms with Crippen molar-refractivity contribution in [3.05, 3.63) is 52.3 Å². The van der Waals surface area contributed by atoms with Gasteiger partial charge in [-0.05, 0) is 29.7 Å². The minimum atomic E-state index is -0.391. The van der Waals surface area contributed by atoms with Gasteiger partial charge in [-0.15, -0.1) is 0 Å². The molecule has 0 bridgehead atoms. The molecule has 1 aliphatic rings. The van der Waals surface area contributed by atoms with Crippen LogP contribution in [0.2, 0.25) is 0 Å². The van der Waals surface area contributed by atoms with E-state index in [1.54, 1.807) is 18.0 Å². The van der Waals surface area contributed by atoms with Gasteiger partial charge in [0.05, 0.1) is 20.3 Å². The average molecular weight is 315 g/mol. The van der Waals surface area contributed by atoms with Crippen molar-refractivity contribution in [2.45, 2.75) is 26.1 Å². The van der Waals surface area contributed by atoms with Crippen LogP contribution in [0.1, 0.15) is 32.7 Å². The summed E-state index contributed by atoms with van der Waals surface area (Å²) in [5.74, 6) is -0.391. The lowest BCUT2D eigenvalue weighted by atomic mass is 9.98. The fourth-order valence-electron chi connectivity index (χ4n) is 2.89. The molecular weight excluding hydrogens is 294 g/mol. The molecule has 23 heavy (non-hydrogen) atoms. The van der Waals surface area contributed by atoms with E-state index in [2.05, 4.69) is 28.6 Å². The summed E-state index contributed by atoms with van der Waals surface area (Å²) in [7, 11) is 2.95. The van der Waals surface area contributed by atoms with Crippen molar-refractivity contribution >= 4 is 5.97 Å². The lowest BCUT2D eigenvalue weighted by Crippen LogP contribution is -2.23. The van der Waals surface area contributed by atoms with Gasteiger partial charge in [0.15, 0.2) is 0 Å². The maximum atomic E-state index is 11.8. The Balaban J connectivity index is 1.83. The van der Waals surface area contributed by atoms with Crippen molar-refractivity contribution in [3.63, 3.8) is 0 Å².